The minimum Gasteiger partial charge on any atom is -0.249 e. The second-order valence-corrected chi connectivity index (χ2v) is 3.41. The van der Waals surface area contributed by atoms with Crippen molar-refractivity contribution in [2.75, 3.05) is 0 Å². The second-order valence-electron chi connectivity index (χ2n) is 3.15. The summed E-state index contributed by atoms with van der Waals surface area (Å²) in [6.45, 7) is 2.98. The van der Waals surface area contributed by atoms with Crippen molar-refractivity contribution in [2.24, 2.45) is 0 Å². The van der Waals surface area contributed by atoms with Gasteiger partial charge in [-0.05, 0) is 19.8 Å². The fourth-order valence-corrected chi connectivity index (χ4v) is 1.68. The largest absolute Gasteiger partial charge is 0.249 e. The predicted molar refractivity (Wildman–Crippen MR) is 47.2 cm³/mol. The van der Waals surface area contributed by atoms with E-state index < -0.39 is 0 Å². The zero-order chi connectivity index (χ0) is 8.55. The summed E-state index contributed by atoms with van der Waals surface area (Å²) in [4.78, 5) is 0. The van der Waals surface area contributed by atoms with Gasteiger partial charge in [0.2, 0.25) is 0 Å². The van der Waals surface area contributed by atoms with Gasteiger partial charge in [0.15, 0.2) is 0 Å². The lowest BCUT2D eigenvalue weighted by Crippen LogP contribution is -2.02. The van der Waals surface area contributed by atoms with Crippen LogP contribution in [0.5, 0.6) is 0 Å². The van der Waals surface area contributed by atoms with Crippen molar-refractivity contribution in [1.29, 1.82) is 0 Å². The molecule has 1 fully saturated rings. The van der Waals surface area contributed by atoms with Crippen LogP contribution >= 0.6 is 11.6 Å². The van der Waals surface area contributed by atoms with Crippen LogP contribution in [0.15, 0.2) is 0 Å². The van der Waals surface area contributed by atoms with Gasteiger partial charge in [0.1, 0.15) is 5.69 Å². The molecule has 0 saturated heterocycles. The Morgan fingerprint density at radius 2 is 2.33 bits per heavy atom. The van der Waals surface area contributed by atoms with Crippen molar-refractivity contribution >= 4 is 11.6 Å². The molecule has 0 N–H and O–H groups in total. The molecular formula is C8H12ClN3. The van der Waals surface area contributed by atoms with Crippen LogP contribution in [0, 0.1) is 0 Å². The van der Waals surface area contributed by atoms with Gasteiger partial charge in [0.05, 0.1) is 11.6 Å². The Balaban J connectivity index is 2.36. The number of alkyl halides is 1. The first-order valence-corrected chi connectivity index (χ1v) is 4.88. The summed E-state index contributed by atoms with van der Waals surface area (Å²) in [5.74, 6) is 1.18. The molecule has 1 aliphatic rings. The van der Waals surface area contributed by atoms with Crippen LogP contribution in [0.25, 0.3) is 0 Å². The first kappa shape index (κ1) is 8.05. The maximum Gasteiger partial charge on any atom is 0.101 e. The van der Waals surface area contributed by atoms with E-state index in [1.165, 1.54) is 18.5 Å². The van der Waals surface area contributed by atoms with Crippen molar-refractivity contribution in [3.8, 4) is 0 Å². The maximum absolute atomic E-state index is 5.76. The third-order valence-corrected chi connectivity index (χ3v) is 2.49. The summed E-state index contributed by atoms with van der Waals surface area (Å²) in [6, 6.07) is 0. The van der Waals surface area contributed by atoms with Crippen LogP contribution in [-0.2, 0) is 12.4 Å². The minimum absolute atomic E-state index is 0.492. The summed E-state index contributed by atoms with van der Waals surface area (Å²) in [7, 11) is 0. The molecule has 12 heavy (non-hydrogen) atoms. The van der Waals surface area contributed by atoms with Gasteiger partial charge in [0.25, 0.3) is 0 Å². The number of nitrogens with zero attached hydrogens (tertiary/aromatic N) is 3. The first-order valence-electron chi connectivity index (χ1n) is 4.35. The summed E-state index contributed by atoms with van der Waals surface area (Å²) < 4.78 is 1.97. The first-order chi connectivity index (χ1) is 5.86. The van der Waals surface area contributed by atoms with E-state index in [4.69, 9.17) is 11.6 Å². The quantitative estimate of drug-likeness (QED) is 0.674. The summed E-state index contributed by atoms with van der Waals surface area (Å²) in [5.41, 5.74) is 2.24. The standard InChI is InChI=1S/C8H12ClN3/c1-2-12-8(6-3-4-6)7(5-9)10-11-12/h6H,2-5H2,1H3. The van der Waals surface area contributed by atoms with Crippen molar-refractivity contribution in [2.45, 2.75) is 38.1 Å². The highest BCUT2D eigenvalue weighted by molar-refractivity contribution is 6.16. The van der Waals surface area contributed by atoms with Crippen LogP contribution in [0.2, 0.25) is 0 Å². The molecular weight excluding hydrogens is 174 g/mol. The monoisotopic (exact) mass is 185 g/mol. The lowest BCUT2D eigenvalue weighted by molar-refractivity contribution is 0.598. The van der Waals surface area contributed by atoms with Gasteiger partial charge in [-0.15, -0.1) is 16.7 Å². The number of rotatable bonds is 3. The maximum atomic E-state index is 5.76. The Morgan fingerprint density at radius 1 is 1.58 bits per heavy atom. The molecule has 1 saturated carbocycles. The van der Waals surface area contributed by atoms with Gasteiger partial charge >= 0.3 is 0 Å². The fraction of sp³-hybridized carbons (Fsp3) is 0.750. The number of halogens is 1. The highest BCUT2D eigenvalue weighted by atomic mass is 35.5. The molecule has 0 amide bonds. The number of aryl methyl sites for hydroxylation is 1. The van der Waals surface area contributed by atoms with Gasteiger partial charge in [-0.3, -0.25) is 0 Å². The Labute approximate surface area is 76.7 Å². The Kier molecular flexibility index (Phi) is 2.05. The van der Waals surface area contributed by atoms with Gasteiger partial charge in [-0.2, -0.15) is 0 Å². The SMILES string of the molecule is CCn1nnc(CCl)c1C1CC1. The molecule has 0 aliphatic heterocycles. The van der Waals surface area contributed by atoms with Crippen molar-refractivity contribution in [1.82, 2.24) is 15.0 Å². The number of hydrogen-bond donors (Lipinski definition) is 0. The Morgan fingerprint density at radius 3 is 2.83 bits per heavy atom. The smallest absolute Gasteiger partial charge is 0.101 e. The average molecular weight is 186 g/mol. The van der Waals surface area contributed by atoms with E-state index in [1.54, 1.807) is 0 Å². The van der Waals surface area contributed by atoms with E-state index in [9.17, 15) is 0 Å². The van der Waals surface area contributed by atoms with Gasteiger partial charge < -0.3 is 0 Å². The van der Waals surface area contributed by atoms with Crippen LogP contribution < -0.4 is 0 Å². The Bertz CT molecular complexity index is 256. The summed E-state index contributed by atoms with van der Waals surface area (Å²) >= 11 is 5.76. The normalized spacial score (nSPS) is 16.8. The molecule has 2 rings (SSSR count). The van der Waals surface area contributed by atoms with Gasteiger partial charge in [-0.25, -0.2) is 4.68 Å². The molecule has 3 nitrogen and oxygen atoms in total. The van der Waals surface area contributed by atoms with E-state index in [2.05, 4.69) is 17.2 Å². The lowest BCUT2D eigenvalue weighted by Gasteiger charge is -2.01. The molecule has 0 atom stereocenters. The van der Waals surface area contributed by atoms with E-state index >= 15 is 0 Å². The van der Waals surface area contributed by atoms with Crippen LogP contribution in [-0.4, -0.2) is 15.0 Å². The van der Waals surface area contributed by atoms with Crippen LogP contribution in [0.4, 0.5) is 0 Å². The van der Waals surface area contributed by atoms with Crippen molar-refractivity contribution < 1.29 is 0 Å². The number of aromatic nitrogens is 3. The second kappa shape index (κ2) is 3.05. The van der Waals surface area contributed by atoms with E-state index in [-0.39, 0.29) is 0 Å². The van der Waals surface area contributed by atoms with E-state index in [1.807, 2.05) is 4.68 Å². The molecule has 1 aliphatic carbocycles. The lowest BCUT2D eigenvalue weighted by atomic mass is 10.2. The Hall–Kier alpha value is -0.570. The predicted octanol–water partition coefficient (Wildman–Crippen LogP) is 1.91. The molecule has 4 heteroatoms. The average Bonchev–Trinajstić information content (AvgIpc) is 2.85. The van der Waals surface area contributed by atoms with Crippen LogP contribution in [0.3, 0.4) is 0 Å². The molecule has 1 aromatic rings. The number of hydrogen-bond acceptors (Lipinski definition) is 2. The van der Waals surface area contributed by atoms with Crippen molar-refractivity contribution in [3.63, 3.8) is 0 Å². The molecule has 66 valence electrons. The van der Waals surface area contributed by atoms with E-state index in [0.717, 1.165) is 12.2 Å². The molecule has 1 aromatic heterocycles. The molecule has 0 bridgehead atoms. The van der Waals surface area contributed by atoms with Crippen molar-refractivity contribution in [3.05, 3.63) is 11.4 Å². The molecule has 0 spiro atoms. The van der Waals surface area contributed by atoms with Gasteiger partial charge in [0, 0.05) is 12.5 Å². The zero-order valence-electron chi connectivity index (χ0n) is 7.13. The third-order valence-electron chi connectivity index (χ3n) is 2.24. The summed E-state index contributed by atoms with van der Waals surface area (Å²) in [5, 5.41) is 8.10. The molecule has 1 heterocycles. The third kappa shape index (κ3) is 1.22. The zero-order valence-corrected chi connectivity index (χ0v) is 7.88. The highest BCUT2D eigenvalue weighted by Crippen LogP contribution is 2.41. The van der Waals surface area contributed by atoms with Crippen LogP contribution in [0.1, 0.15) is 37.1 Å². The molecule has 0 radical (unpaired) electrons. The fourth-order valence-electron chi connectivity index (χ4n) is 1.49. The molecule has 0 aromatic carbocycles. The summed E-state index contributed by atoms with van der Waals surface area (Å²) in [6.07, 6.45) is 2.55. The van der Waals surface area contributed by atoms with Gasteiger partial charge in [-0.1, -0.05) is 5.21 Å². The highest BCUT2D eigenvalue weighted by Gasteiger charge is 2.30. The molecule has 0 unspecified atom stereocenters. The minimum atomic E-state index is 0.492. The van der Waals surface area contributed by atoms with E-state index in [0.29, 0.717) is 11.8 Å². The topological polar surface area (TPSA) is 30.7 Å².